The number of nitrogens with one attached hydrogen (secondary N) is 2. The maximum Gasteiger partial charge on any atom is 0.407 e. The van der Waals surface area contributed by atoms with Gasteiger partial charge in [0, 0.05) is 24.9 Å². The molecule has 0 bridgehead atoms. The highest BCUT2D eigenvalue weighted by Crippen LogP contribution is 2.44. The Balaban J connectivity index is 1.41. The SMILES string of the molecule is CC[C@H](CC(=O)O)NC(=O)CCC(C)(C)CCNC(=O)OCC1c2ccccc2-c2ccccc21. The first-order valence-electron chi connectivity index (χ1n) is 12.3. The Hall–Kier alpha value is -3.35. The molecule has 2 aromatic carbocycles. The van der Waals surface area contributed by atoms with Gasteiger partial charge in [0.15, 0.2) is 0 Å². The molecule has 0 fully saturated rings. The minimum absolute atomic E-state index is 0.0242. The van der Waals surface area contributed by atoms with Gasteiger partial charge in [0.2, 0.25) is 5.91 Å². The van der Waals surface area contributed by atoms with Gasteiger partial charge >= 0.3 is 12.1 Å². The van der Waals surface area contributed by atoms with Crippen LogP contribution in [0.1, 0.15) is 69.9 Å². The van der Waals surface area contributed by atoms with Crippen molar-refractivity contribution in [3.05, 3.63) is 59.7 Å². The van der Waals surface area contributed by atoms with Gasteiger partial charge in [0.1, 0.15) is 6.61 Å². The zero-order chi connectivity index (χ0) is 25.4. The minimum atomic E-state index is -0.920. The molecule has 2 amide bonds. The Morgan fingerprint density at radius 3 is 2.17 bits per heavy atom. The van der Waals surface area contributed by atoms with Gasteiger partial charge in [-0.05, 0) is 46.9 Å². The highest BCUT2D eigenvalue weighted by molar-refractivity contribution is 5.79. The molecule has 7 nitrogen and oxygen atoms in total. The van der Waals surface area contributed by atoms with Crippen molar-refractivity contribution in [3.63, 3.8) is 0 Å². The van der Waals surface area contributed by atoms with Crippen LogP contribution in [0.4, 0.5) is 4.79 Å². The van der Waals surface area contributed by atoms with Crippen molar-refractivity contribution in [3.8, 4) is 11.1 Å². The van der Waals surface area contributed by atoms with Crippen LogP contribution in [0.5, 0.6) is 0 Å². The van der Waals surface area contributed by atoms with Crippen LogP contribution in [0.3, 0.4) is 0 Å². The topological polar surface area (TPSA) is 105 Å². The number of aliphatic carboxylic acids is 1. The van der Waals surface area contributed by atoms with E-state index in [0.717, 1.165) is 0 Å². The smallest absolute Gasteiger partial charge is 0.407 e. The number of carbonyl (C=O) groups excluding carboxylic acids is 2. The van der Waals surface area contributed by atoms with Crippen molar-refractivity contribution in [2.24, 2.45) is 5.41 Å². The average molecular weight is 481 g/mol. The third-order valence-corrected chi connectivity index (χ3v) is 6.72. The highest BCUT2D eigenvalue weighted by atomic mass is 16.5. The Bertz CT molecular complexity index is 1000. The lowest BCUT2D eigenvalue weighted by Crippen LogP contribution is -2.36. The van der Waals surface area contributed by atoms with Crippen LogP contribution in [0.25, 0.3) is 11.1 Å². The molecule has 0 aromatic heterocycles. The summed E-state index contributed by atoms with van der Waals surface area (Å²) in [6.07, 6.45) is 1.70. The van der Waals surface area contributed by atoms with Gasteiger partial charge in [0.05, 0.1) is 6.42 Å². The van der Waals surface area contributed by atoms with Gasteiger partial charge in [-0.1, -0.05) is 69.3 Å². The van der Waals surface area contributed by atoms with Crippen molar-refractivity contribution < 1.29 is 24.2 Å². The second-order valence-corrected chi connectivity index (χ2v) is 9.94. The number of carbonyl (C=O) groups is 3. The number of alkyl carbamates (subject to hydrolysis) is 1. The molecule has 0 saturated heterocycles. The zero-order valence-corrected chi connectivity index (χ0v) is 20.8. The van der Waals surface area contributed by atoms with E-state index in [1.54, 1.807) is 0 Å². The number of carboxylic acids is 1. The van der Waals surface area contributed by atoms with Gasteiger partial charge in [-0.2, -0.15) is 0 Å². The molecule has 0 unspecified atom stereocenters. The van der Waals surface area contributed by atoms with Crippen LogP contribution in [0.2, 0.25) is 0 Å². The molecule has 0 heterocycles. The van der Waals surface area contributed by atoms with Crippen LogP contribution in [0.15, 0.2) is 48.5 Å². The van der Waals surface area contributed by atoms with Gasteiger partial charge < -0.3 is 20.5 Å². The quantitative estimate of drug-likeness (QED) is 0.392. The molecule has 0 saturated carbocycles. The van der Waals surface area contributed by atoms with Crippen LogP contribution in [-0.4, -0.2) is 42.3 Å². The van der Waals surface area contributed by atoms with E-state index in [2.05, 4.69) is 34.9 Å². The number of amides is 2. The molecule has 1 atom stereocenters. The number of carboxylic acid groups (broad SMARTS) is 1. The van der Waals surface area contributed by atoms with Gasteiger partial charge in [0.25, 0.3) is 0 Å². The Kier molecular flexibility index (Phi) is 8.90. The Morgan fingerprint density at radius 2 is 1.60 bits per heavy atom. The molecule has 35 heavy (non-hydrogen) atoms. The van der Waals surface area contributed by atoms with E-state index < -0.39 is 12.1 Å². The summed E-state index contributed by atoms with van der Waals surface area (Å²) < 4.78 is 5.58. The van der Waals surface area contributed by atoms with Crippen molar-refractivity contribution in [1.82, 2.24) is 10.6 Å². The van der Waals surface area contributed by atoms with Gasteiger partial charge in [-0.3, -0.25) is 9.59 Å². The van der Waals surface area contributed by atoms with Crippen molar-refractivity contribution in [2.45, 2.75) is 64.8 Å². The first kappa shape index (κ1) is 26.3. The zero-order valence-electron chi connectivity index (χ0n) is 20.8. The van der Waals surface area contributed by atoms with Crippen LogP contribution in [-0.2, 0) is 14.3 Å². The lowest BCUT2D eigenvalue weighted by Gasteiger charge is -2.25. The maximum absolute atomic E-state index is 12.4. The maximum atomic E-state index is 12.4. The van der Waals surface area contributed by atoms with E-state index in [4.69, 9.17) is 9.84 Å². The summed E-state index contributed by atoms with van der Waals surface area (Å²) in [6, 6.07) is 16.1. The van der Waals surface area contributed by atoms with E-state index in [9.17, 15) is 14.4 Å². The number of benzene rings is 2. The Labute approximate surface area is 207 Å². The Morgan fingerprint density at radius 1 is 1.00 bits per heavy atom. The lowest BCUT2D eigenvalue weighted by atomic mass is 9.84. The summed E-state index contributed by atoms with van der Waals surface area (Å²) >= 11 is 0. The number of fused-ring (bicyclic) bond motifs is 3. The summed E-state index contributed by atoms with van der Waals surface area (Å²) in [5.74, 6) is -1.04. The number of ether oxygens (including phenoxy) is 1. The van der Waals surface area contributed by atoms with E-state index in [1.807, 2.05) is 45.0 Å². The van der Waals surface area contributed by atoms with E-state index >= 15 is 0 Å². The van der Waals surface area contributed by atoms with Crippen molar-refractivity contribution in [1.29, 1.82) is 0 Å². The van der Waals surface area contributed by atoms with Crippen molar-refractivity contribution >= 4 is 18.0 Å². The monoisotopic (exact) mass is 480 g/mol. The van der Waals surface area contributed by atoms with Crippen LogP contribution < -0.4 is 10.6 Å². The molecule has 0 spiro atoms. The second kappa shape index (κ2) is 11.9. The highest BCUT2D eigenvalue weighted by Gasteiger charge is 2.29. The van der Waals surface area contributed by atoms with Gasteiger partial charge in [-0.25, -0.2) is 4.79 Å². The molecule has 1 aliphatic carbocycles. The fraction of sp³-hybridized carbons (Fsp3) is 0.464. The van der Waals surface area contributed by atoms with Crippen LogP contribution >= 0.6 is 0 Å². The molecule has 188 valence electrons. The molecule has 3 N–H and O–H groups in total. The predicted molar refractivity (Wildman–Crippen MR) is 135 cm³/mol. The predicted octanol–water partition coefficient (Wildman–Crippen LogP) is 5.09. The lowest BCUT2D eigenvalue weighted by molar-refractivity contribution is -0.137. The molecular formula is C28H36N2O5. The standard InChI is InChI=1S/C28H36N2O5/c1-4-19(17-26(32)33)30-25(31)13-14-28(2,3)15-16-29-27(34)35-18-24-22-11-7-5-9-20(22)21-10-6-8-12-23(21)24/h5-12,19,24H,4,13-18H2,1-3H3,(H,29,34)(H,30,31)(H,32,33)/t19-/m1/s1. The first-order chi connectivity index (χ1) is 16.7. The molecule has 2 aromatic rings. The average Bonchev–Trinajstić information content (AvgIpc) is 3.14. The van der Waals surface area contributed by atoms with Crippen LogP contribution in [0, 0.1) is 5.41 Å². The first-order valence-corrected chi connectivity index (χ1v) is 12.3. The van der Waals surface area contributed by atoms with Gasteiger partial charge in [-0.15, -0.1) is 0 Å². The normalized spacial score (nSPS) is 13.5. The largest absolute Gasteiger partial charge is 0.481 e. The summed E-state index contributed by atoms with van der Waals surface area (Å²) in [4.78, 5) is 35.5. The van der Waals surface area contributed by atoms with E-state index in [0.29, 0.717) is 32.2 Å². The molecule has 0 radical (unpaired) electrons. The fourth-order valence-electron chi connectivity index (χ4n) is 4.54. The summed E-state index contributed by atoms with van der Waals surface area (Å²) in [5.41, 5.74) is 4.57. The summed E-state index contributed by atoms with van der Waals surface area (Å²) in [5, 5.41) is 14.5. The fourth-order valence-corrected chi connectivity index (χ4v) is 4.54. The third-order valence-electron chi connectivity index (χ3n) is 6.72. The van der Waals surface area contributed by atoms with E-state index in [-0.39, 0.29) is 36.3 Å². The summed E-state index contributed by atoms with van der Waals surface area (Å²) in [6.45, 7) is 6.68. The molecule has 3 rings (SSSR count). The number of hydrogen-bond donors (Lipinski definition) is 3. The third kappa shape index (κ3) is 7.31. The number of rotatable bonds is 12. The van der Waals surface area contributed by atoms with Crippen molar-refractivity contribution in [2.75, 3.05) is 13.2 Å². The molecule has 0 aliphatic heterocycles. The molecule has 1 aliphatic rings. The van der Waals surface area contributed by atoms with E-state index in [1.165, 1.54) is 22.3 Å². The summed E-state index contributed by atoms with van der Waals surface area (Å²) in [7, 11) is 0. The second-order valence-electron chi connectivity index (χ2n) is 9.94. The minimum Gasteiger partial charge on any atom is -0.481 e. The molecular weight excluding hydrogens is 444 g/mol. The molecule has 7 heteroatoms. The number of hydrogen-bond acceptors (Lipinski definition) is 4.